The number of benzene rings is 1. The van der Waals surface area contributed by atoms with Crippen LogP contribution in [0.2, 0.25) is 0 Å². The second kappa shape index (κ2) is 10.0. The summed E-state index contributed by atoms with van der Waals surface area (Å²) in [4.78, 5) is 38.5. The molecular formula is C19H28N4O3. The van der Waals surface area contributed by atoms with Crippen LogP contribution >= 0.6 is 0 Å². The Bertz CT molecular complexity index is 629. The SMILES string of the molecule is CNC(=O)CCC(C=O)N(C)Cc1ccc(N2CCNCC2)cc1C=O. The zero-order valence-electron chi connectivity index (χ0n) is 15.5. The zero-order chi connectivity index (χ0) is 18.9. The van der Waals surface area contributed by atoms with Crippen molar-refractivity contribution in [2.24, 2.45) is 0 Å². The molecule has 26 heavy (non-hydrogen) atoms. The molecule has 1 heterocycles. The Morgan fingerprint density at radius 2 is 2.08 bits per heavy atom. The zero-order valence-corrected chi connectivity index (χ0v) is 15.5. The smallest absolute Gasteiger partial charge is 0.219 e. The molecule has 1 fully saturated rings. The van der Waals surface area contributed by atoms with Gasteiger partial charge in [0.15, 0.2) is 0 Å². The number of likely N-dealkylation sites (N-methyl/N-ethyl adjacent to an activating group) is 1. The molecule has 0 saturated carbocycles. The van der Waals surface area contributed by atoms with Gasteiger partial charge < -0.3 is 20.3 Å². The molecule has 0 radical (unpaired) electrons. The van der Waals surface area contributed by atoms with Crippen molar-refractivity contribution in [2.45, 2.75) is 25.4 Å². The number of rotatable bonds is 9. The lowest BCUT2D eigenvalue weighted by Crippen LogP contribution is -2.43. The lowest BCUT2D eigenvalue weighted by atomic mass is 10.0. The quantitative estimate of drug-likeness (QED) is 0.622. The highest BCUT2D eigenvalue weighted by atomic mass is 16.1. The maximum absolute atomic E-state index is 11.6. The molecule has 1 aliphatic heterocycles. The highest BCUT2D eigenvalue weighted by Crippen LogP contribution is 2.21. The van der Waals surface area contributed by atoms with Crippen LogP contribution in [0.3, 0.4) is 0 Å². The third-order valence-corrected chi connectivity index (χ3v) is 4.83. The summed E-state index contributed by atoms with van der Waals surface area (Å²) < 4.78 is 0. The Labute approximate surface area is 154 Å². The van der Waals surface area contributed by atoms with E-state index in [4.69, 9.17) is 0 Å². The summed E-state index contributed by atoms with van der Waals surface area (Å²) in [5, 5.41) is 5.87. The van der Waals surface area contributed by atoms with Crippen LogP contribution < -0.4 is 15.5 Å². The van der Waals surface area contributed by atoms with Crippen molar-refractivity contribution in [3.8, 4) is 0 Å². The van der Waals surface area contributed by atoms with E-state index in [0.29, 0.717) is 24.9 Å². The third kappa shape index (κ3) is 5.37. The first kappa shape index (κ1) is 20.1. The van der Waals surface area contributed by atoms with Crippen LogP contribution in [0.15, 0.2) is 18.2 Å². The number of carbonyl (C=O) groups excluding carboxylic acids is 3. The third-order valence-electron chi connectivity index (χ3n) is 4.83. The molecule has 7 heteroatoms. The highest BCUT2D eigenvalue weighted by molar-refractivity contribution is 5.80. The summed E-state index contributed by atoms with van der Waals surface area (Å²) >= 11 is 0. The average molecular weight is 360 g/mol. The van der Waals surface area contributed by atoms with E-state index in [1.165, 1.54) is 0 Å². The maximum Gasteiger partial charge on any atom is 0.219 e. The van der Waals surface area contributed by atoms with Crippen molar-refractivity contribution in [1.82, 2.24) is 15.5 Å². The van der Waals surface area contributed by atoms with E-state index in [9.17, 15) is 14.4 Å². The van der Waals surface area contributed by atoms with Crippen LogP contribution in [0.25, 0.3) is 0 Å². The Hall–Kier alpha value is -2.25. The molecule has 1 atom stereocenters. The van der Waals surface area contributed by atoms with Gasteiger partial charge in [-0.15, -0.1) is 0 Å². The number of piperazine rings is 1. The van der Waals surface area contributed by atoms with Crippen LogP contribution in [-0.2, 0) is 16.1 Å². The molecule has 0 aromatic heterocycles. The first-order chi connectivity index (χ1) is 12.6. The number of hydrogen-bond acceptors (Lipinski definition) is 6. The Morgan fingerprint density at radius 1 is 1.35 bits per heavy atom. The first-order valence-corrected chi connectivity index (χ1v) is 8.99. The molecule has 1 aliphatic rings. The molecule has 7 nitrogen and oxygen atoms in total. The van der Waals surface area contributed by atoms with Gasteiger partial charge in [-0.2, -0.15) is 0 Å². The van der Waals surface area contributed by atoms with E-state index in [2.05, 4.69) is 15.5 Å². The molecule has 0 spiro atoms. The number of nitrogens with zero attached hydrogens (tertiary/aromatic N) is 2. The number of carbonyl (C=O) groups is 3. The largest absolute Gasteiger partial charge is 0.369 e. The van der Waals surface area contributed by atoms with Gasteiger partial charge in [-0.3, -0.25) is 14.5 Å². The first-order valence-electron chi connectivity index (χ1n) is 8.99. The molecular weight excluding hydrogens is 332 g/mol. The van der Waals surface area contributed by atoms with E-state index in [1.54, 1.807) is 7.05 Å². The minimum absolute atomic E-state index is 0.0841. The van der Waals surface area contributed by atoms with Crippen molar-refractivity contribution in [3.05, 3.63) is 29.3 Å². The minimum Gasteiger partial charge on any atom is -0.369 e. The average Bonchev–Trinajstić information content (AvgIpc) is 2.69. The van der Waals surface area contributed by atoms with Crippen molar-refractivity contribution in [3.63, 3.8) is 0 Å². The molecule has 0 bridgehead atoms. The molecule has 2 rings (SSSR count). The normalized spacial score (nSPS) is 15.6. The van der Waals surface area contributed by atoms with Crippen LogP contribution in [-0.4, -0.2) is 69.7 Å². The van der Waals surface area contributed by atoms with Gasteiger partial charge in [0.05, 0.1) is 6.04 Å². The van der Waals surface area contributed by atoms with Gasteiger partial charge in [0.1, 0.15) is 12.6 Å². The van der Waals surface area contributed by atoms with Gasteiger partial charge in [0.2, 0.25) is 5.91 Å². The summed E-state index contributed by atoms with van der Waals surface area (Å²) in [6.45, 7) is 4.20. The topological polar surface area (TPSA) is 81.8 Å². The summed E-state index contributed by atoms with van der Waals surface area (Å²) in [7, 11) is 3.42. The monoisotopic (exact) mass is 360 g/mol. The number of anilines is 1. The molecule has 1 aromatic carbocycles. The number of nitrogens with one attached hydrogen (secondary N) is 2. The molecule has 142 valence electrons. The fourth-order valence-electron chi connectivity index (χ4n) is 3.14. The van der Waals surface area contributed by atoms with Crippen molar-refractivity contribution < 1.29 is 14.4 Å². The van der Waals surface area contributed by atoms with Crippen LogP contribution in [0.1, 0.15) is 28.8 Å². The molecule has 0 aliphatic carbocycles. The Kier molecular flexibility index (Phi) is 7.74. The van der Waals surface area contributed by atoms with Crippen LogP contribution in [0, 0.1) is 0 Å². The minimum atomic E-state index is -0.361. The second-order valence-electron chi connectivity index (χ2n) is 6.57. The summed E-state index contributed by atoms with van der Waals surface area (Å²) in [5.74, 6) is -0.0841. The molecule has 1 amide bonds. The van der Waals surface area contributed by atoms with Gasteiger partial charge in [-0.25, -0.2) is 0 Å². The molecule has 1 unspecified atom stereocenters. The lowest BCUT2D eigenvalue weighted by Gasteiger charge is -2.30. The fraction of sp³-hybridized carbons (Fsp3) is 0.526. The van der Waals surface area contributed by atoms with Gasteiger partial charge in [0, 0.05) is 57.4 Å². The summed E-state index contributed by atoms with van der Waals surface area (Å²) in [6, 6.07) is 5.54. The highest BCUT2D eigenvalue weighted by Gasteiger charge is 2.18. The predicted octanol–water partition coefficient (Wildman–Crippen LogP) is 0.434. The van der Waals surface area contributed by atoms with E-state index in [1.807, 2.05) is 30.1 Å². The number of hydrogen-bond donors (Lipinski definition) is 2. The Morgan fingerprint density at radius 3 is 2.69 bits per heavy atom. The molecule has 2 N–H and O–H groups in total. The van der Waals surface area contributed by atoms with E-state index >= 15 is 0 Å². The van der Waals surface area contributed by atoms with E-state index in [0.717, 1.165) is 50.0 Å². The van der Waals surface area contributed by atoms with Crippen molar-refractivity contribution >= 4 is 24.2 Å². The summed E-state index contributed by atoms with van der Waals surface area (Å²) in [6.07, 6.45) is 2.48. The molecule has 1 saturated heterocycles. The van der Waals surface area contributed by atoms with Crippen LogP contribution in [0.4, 0.5) is 5.69 Å². The van der Waals surface area contributed by atoms with Crippen LogP contribution in [0.5, 0.6) is 0 Å². The fourth-order valence-corrected chi connectivity index (χ4v) is 3.14. The second-order valence-corrected chi connectivity index (χ2v) is 6.57. The molecule has 1 aromatic rings. The van der Waals surface area contributed by atoms with Gasteiger partial charge in [-0.1, -0.05) is 6.07 Å². The van der Waals surface area contributed by atoms with E-state index < -0.39 is 0 Å². The standard InChI is InChI=1S/C19H28N4O3/c1-20-19(26)6-5-18(14-25)22(2)12-15-3-4-17(11-16(15)13-24)23-9-7-21-8-10-23/h3-4,11,13-14,18,21H,5-10,12H2,1-2H3,(H,20,26). The predicted molar refractivity (Wildman–Crippen MR) is 102 cm³/mol. The lowest BCUT2D eigenvalue weighted by molar-refractivity contribution is -0.121. The van der Waals surface area contributed by atoms with Gasteiger partial charge in [0.25, 0.3) is 0 Å². The van der Waals surface area contributed by atoms with E-state index in [-0.39, 0.29) is 11.9 Å². The number of amides is 1. The van der Waals surface area contributed by atoms with Crippen molar-refractivity contribution in [2.75, 3.05) is 45.2 Å². The summed E-state index contributed by atoms with van der Waals surface area (Å²) in [5.41, 5.74) is 2.57. The van der Waals surface area contributed by atoms with Gasteiger partial charge in [-0.05, 0) is 31.2 Å². The maximum atomic E-state index is 11.6. The van der Waals surface area contributed by atoms with Gasteiger partial charge >= 0.3 is 0 Å². The number of aldehydes is 2. The van der Waals surface area contributed by atoms with Crippen molar-refractivity contribution in [1.29, 1.82) is 0 Å². The Balaban J connectivity index is 2.05.